The van der Waals surface area contributed by atoms with Crippen molar-refractivity contribution in [3.63, 3.8) is 0 Å². The number of ether oxygens (including phenoxy) is 2. The maximum atomic E-state index is 13.3. The third-order valence-corrected chi connectivity index (χ3v) is 11.4. The molecule has 4 fully saturated rings. The van der Waals surface area contributed by atoms with Crippen molar-refractivity contribution in [3.05, 3.63) is 35.9 Å². The molecule has 51 heavy (non-hydrogen) atoms. The molecule has 8 unspecified atom stereocenters. The third kappa shape index (κ3) is 12.2. The molecule has 8 atom stereocenters. The number of amides is 4. The summed E-state index contributed by atoms with van der Waals surface area (Å²) in [6.45, 7) is 5.75. The molecule has 1 aromatic carbocycles. The number of hydrogen-bond donors (Lipinski definition) is 4. The van der Waals surface area contributed by atoms with Gasteiger partial charge in [0.2, 0.25) is 17.7 Å². The van der Waals surface area contributed by atoms with Crippen molar-refractivity contribution in [1.29, 1.82) is 0 Å². The molecule has 0 spiro atoms. The van der Waals surface area contributed by atoms with Crippen LogP contribution in [0.1, 0.15) is 129 Å². The van der Waals surface area contributed by atoms with Gasteiger partial charge in [0.15, 0.2) is 0 Å². The fourth-order valence-corrected chi connectivity index (χ4v) is 8.87. The van der Waals surface area contributed by atoms with Gasteiger partial charge in [-0.3, -0.25) is 19.2 Å². The molecule has 0 aliphatic heterocycles. The van der Waals surface area contributed by atoms with Crippen LogP contribution in [-0.4, -0.2) is 59.6 Å². The number of hydrogen-bond acceptors (Lipinski definition) is 7. The van der Waals surface area contributed by atoms with Crippen molar-refractivity contribution in [2.75, 3.05) is 0 Å². The second-order valence-corrected chi connectivity index (χ2v) is 16.5. The Morgan fingerprint density at radius 2 is 0.961 bits per heavy atom. The zero-order chi connectivity index (χ0) is 36.4. The van der Waals surface area contributed by atoms with Gasteiger partial charge in [0, 0.05) is 43.4 Å². The lowest BCUT2D eigenvalue weighted by molar-refractivity contribution is -0.146. The summed E-state index contributed by atoms with van der Waals surface area (Å²) in [6.07, 6.45) is 11.8. The molecule has 4 saturated carbocycles. The van der Waals surface area contributed by atoms with Gasteiger partial charge >= 0.3 is 12.1 Å². The standard InChI is InChI=1S/C40H60N4O7/c1-40(2,3)51-39(49)44-34-20-9-15-29(34)23-37(47)42-32-18-7-13-27(32)21-35(45)41-31-17-8-14-28(31)22-36(46)43-33-19-10-16-30(33)24-38(48)50-25-26-11-5-4-6-12-26/h4-6,11-12,27-34H,7-10,13-25H2,1-3H3,(H,41,45)(H,42,47)(H,43,46)(H,44,49). The Hall–Kier alpha value is -3.63. The van der Waals surface area contributed by atoms with Crippen LogP contribution < -0.4 is 21.3 Å². The van der Waals surface area contributed by atoms with Gasteiger partial charge in [-0.25, -0.2) is 4.79 Å². The Kier molecular flexibility index (Phi) is 13.8. The topological polar surface area (TPSA) is 152 Å². The summed E-state index contributed by atoms with van der Waals surface area (Å²) < 4.78 is 10.9. The van der Waals surface area contributed by atoms with Crippen LogP contribution in [0.4, 0.5) is 4.79 Å². The SMILES string of the molecule is CC(C)(C)OC(=O)NC1CCCC1CC(=O)NC1CCCC1CC(=O)NC1CCCC1CC(=O)NC1CCCC1CC(=O)OCc1ccccc1. The fourth-order valence-electron chi connectivity index (χ4n) is 8.87. The maximum Gasteiger partial charge on any atom is 0.407 e. The van der Waals surface area contributed by atoms with Crippen LogP contribution in [0.5, 0.6) is 0 Å². The number of benzene rings is 1. The van der Waals surface area contributed by atoms with E-state index in [-0.39, 0.29) is 78.1 Å². The molecule has 4 aliphatic carbocycles. The van der Waals surface area contributed by atoms with E-state index in [1.165, 1.54) is 0 Å². The van der Waals surface area contributed by atoms with E-state index in [4.69, 9.17) is 9.47 Å². The maximum absolute atomic E-state index is 13.3. The lowest BCUT2D eigenvalue weighted by Gasteiger charge is -2.26. The van der Waals surface area contributed by atoms with Gasteiger partial charge in [-0.05, 0) is 101 Å². The van der Waals surface area contributed by atoms with Crippen LogP contribution in [0.15, 0.2) is 30.3 Å². The number of carbonyl (C=O) groups is 5. The molecule has 0 aromatic heterocycles. The van der Waals surface area contributed by atoms with Crippen LogP contribution in [0.25, 0.3) is 0 Å². The Bertz CT molecular complexity index is 1350. The second kappa shape index (κ2) is 18.2. The highest BCUT2D eigenvalue weighted by Gasteiger charge is 2.37. The Morgan fingerprint density at radius 1 is 0.569 bits per heavy atom. The minimum absolute atomic E-state index is 0.0132. The highest BCUT2D eigenvalue weighted by molar-refractivity contribution is 5.79. The van der Waals surface area contributed by atoms with Gasteiger partial charge in [-0.1, -0.05) is 56.0 Å². The minimum Gasteiger partial charge on any atom is -0.461 e. The molecular formula is C40H60N4O7. The van der Waals surface area contributed by atoms with Gasteiger partial charge in [0.1, 0.15) is 12.2 Å². The van der Waals surface area contributed by atoms with Crippen LogP contribution >= 0.6 is 0 Å². The predicted molar refractivity (Wildman–Crippen MR) is 193 cm³/mol. The first-order valence-corrected chi connectivity index (χ1v) is 19.5. The van der Waals surface area contributed by atoms with E-state index in [1.54, 1.807) is 0 Å². The fraction of sp³-hybridized carbons (Fsp3) is 0.725. The van der Waals surface area contributed by atoms with Crippen molar-refractivity contribution >= 4 is 29.8 Å². The molecule has 282 valence electrons. The normalized spacial score (nSPS) is 28.9. The quantitative estimate of drug-likeness (QED) is 0.177. The van der Waals surface area contributed by atoms with Gasteiger partial charge in [0.25, 0.3) is 0 Å². The number of rotatable bonds is 14. The molecule has 5 rings (SSSR count). The largest absolute Gasteiger partial charge is 0.461 e. The number of alkyl carbamates (subject to hydrolysis) is 1. The van der Waals surface area contributed by atoms with Crippen molar-refractivity contribution < 1.29 is 33.4 Å². The van der Waals surface area contributed by atoms with E-state index < -0.39 is 11.7 Å². The molecule has 1 aromatic rings. The second-order valence-electron chi connectivity index (χ2n) is 16.5. The molecule has 0 bridgehead atoms. The highest BCUT2D eigenvalue weighted by atomic mass is 16.6. The first-order chi connectivity index (χ1) is 24.4. The van der Waals surface area contributed by atoms with Gasteiger partial charge < -0.3 is 30.7 Å². The molecule has 4 amide bonds. The van der Waals surface area contributed by atoms with Crippen LogP contribution in [-0.2, 0) is 35.3 Å². The van der Waals surface area contributed by atoms with E-state index in [0.717, 1.165) is 82.6 Å². The number of nitrogens with one attached hydrogen (secondary N) is 4. The monoisotopic (exact) mass is 708 g/mol. The van der Waals surface area contributed by atoms with E-state index >= 15 is 0 Å². The Balaban J connectivity index is 1.02. The predicted octanol–water partition coefficient (Wildman–Crippen LogP) is 5.84. The van der Waals surface area contributed by atoms with E-state index in [9.17, 15) is 24.0 Å². The lowest BCUT2D eigenvalue weighted by atomic mass is 9.95. The number of carbonyl (C=O) groups excluding carboxylic acids is 5. The summed E-state index contributed by atoms with van der Waals surface area (Å²) in [4.78, 5) is 64.5. The highest BCUT2D eigenvalue weighted by Crippen LogP contribution is 2.34. The number of esters is 1. The molecule has 11 heteroatoms. The zero-order valence-electron chi connectivity index (χ0n) is 30.9. The van der Waals surface area contributed by atoms with Crippen molar-refractivity contribution in [1.82, 2.24) is 21.3 Å². The summed E-state index contributed by atoms with van der Waals surface area (Å²) in [5.41, 5.74) is 0.379. The summed E-state index contributed by atoms with van der Waals surface area (Å²) in [6, 6.07) is 9.43. The molecule has 0 saturated heterocycles. The third-order valence-electron chi connectivity index (χ3n) is 11.4. The minimum atomic E-state index is -0.575. The molecule has 0 radical (unpaired) electrons. The van der Waals surface area contributed by atoms with Gasteiger partial charge in [0.05, 0.1) is 6.42 Å². The van der Waals surface area contributed by atoms with Crippen molar-refractivity contribution in [2.45, 2.75) is 160 Å². The first-order valence-electron chi connectivity index (χ1n) is 19.5. The zero-order valence-corrected chi connectivity index (χ0v) is 30.9. The van der Waals surface area contributed by atoms with Gasteiger partial charge in [-0.2, -0.15) is 0 Å². The molecule has 4 aliphatic rings. The van der Waals surface area contributed by atoms with Crippen LogP contribution in [0.2, 0.25) is 0 Å². The molecule has 4 N–H and O–H groups in total. The van der Waals surface area contributed by atoms with E-state index in [2.05, 4.69) is 21.3 Å². The Morgan fingerprint density at radius 3 is 1.37 bits per heavy atom. The van der Waals surface area contributed by atoms with E-state index in [1.807, 2.05) is 51.1 Å². The summed E-state index contributed by atoms with van der Waals surface area (Å²) >= 11 is 0. The summed E-state index contributed by atoms with van der Waals surface area (Å²) in [5.74, 6) is 0.0179. The van der Waals surface area contributed by atoms with Crippen LogP contribution in [0.3, 0.4) is 0 Å². The molecule has 11 nitrogen and oxygen atoms in total. The van der Waals surface area contributed by atoms with Crippen LogP contribution in [0, 0.1) is 23.7 Å². The van der Waals surface area contributed by atoms with Gasteiger partial charge in [-0.15, -0.1) is 0 Å². The summed E-state index contributed by atoms with van der Waals surface area (Å²) in [5, 5.41) is 12.6. The average Bonchev–Trinajstić information content (AvgIpc) is 3.88. The smallest absolute Gasteiger partial charge is 0.407 e. The summed E-state index contributed by atoms with van der Waals surface area (Å²) in [7, 11) is 0. The van der Waals surface area contributed by atoms with Crippen molar-refractivity contribution in [2.24, 2.45) is 23.7 Å². The average molecular weight is 709 g/mol. The first kappa shape index (κ1) is 38.6. The van der Waals surface area contributed by atoms with Crippen molar-refractivity contribution in [3.8, 4) is 0 Å². The molecule has 0 heterocycles. The molecular weight excluding hydrogens is 648 g/mol. The van der Waals surface area contributed by atoms with E-state index in [0.29, 0.717) is 25.7 Å². The Labute approximate surface area is 303 Å². The lowest BCUT2D eigenvalue weighted by Crippen LogP contribution is -2.45.